The van der Waals surface area contributed by atoms with Gasteiger partial charge in [-0.2, -0.15) is 0 Å². The summed E-state index contributed by atoms with van der Waals surface area (Å²) in [5.41, 5.74) is 1.42. The molecule has 3 heteroatoms. The summed E-state index contributed by atoms with van der Waals surface area (Å²) in [5.74, 6) is 1.76. The zero-order valence-electron chi connectivity index (χ0n) is 9.74. The van der Waals surface area contributed by atoms with Crippen molar-refractivity contribution < 1.29 is 4.74 Å². The van der Waals surface area contributed by atoms with E-state index >= 15 is 0 Å². The Balaban J connectivity index is 0.00000128. The van der Waals surface area contributed by atoms with Crippen LogP contribution >= 0.6 is 12.4 Å². The number of nitrogens with one attached hydrogen (secondary N) is 1. The van der Waals surface area contributed by atoms with Crippen molar-refractivity contribution in [2.45, 2.75) is 19.3 Å². The van der Waals surface area contributed by atoms with Crippen LogP contribution in [-0.2, 0) is 6.42 Å². The van der Waals surface area contributed by atoms with Crippen molar-refractivity contribution >= 4 is 12.4 Å². The van der Waals surface area contributed by atoms with Crippen LogP contribution in [0.1, 0.15) is 18.4 Å². The summed E-state index contributed by atoms with van der Waals surface area (Å²) in [6, 6.07) is 8.44. The third kappa shape index (κ3) is 3.69. The van der Waals surface area contributed by atoms with E-state index in [9.17, 15) is 0 Å². The smallest absolute Gasteiger partial charge is 0.118 e. The molecule has 90 valence electrons. The molecule has 1 aromatic carbocycles. The molecule has 1 atom stereocenters. The van der Waals surface area contributed by atoms with Crippen LogP contribution in [0.25, 0.3) is 0 Å². The minimum Gasteiger partial charge on any atom is -0.497 e. The predicted molar refractivity (Wildman–Crippen MR) is 69.5 cm³/mol. The molecule has 2 nitrogen and oxygen atoms in total. The molecule has 1 saturated heterocycles. The van der Waals surface area contributed by atoms with E-state index in [4.69, 9.17) is 4.74 Å². The van der Waals surface area contributed by atoms with Gasteiger partial charge in [-0.25, -0.2) is 0 Å². The Kier molecular flexibility index (Phi) is 5.64. The molecular formula is C13H20ClNO. The third-order valence-corrected chi connectivity index (χ3v) is 3.08. The normalized spacial score (nSPS) is 19.9. The Morgan fingerprint density at radius 2 is 2.06 bits per heavy atom. The van der Waals surface area contributed by atoms with Gasteiger partial charge in [-0.1, -0.05) is 12.1 Å². The highest BCUT2D eigenvalue weighted by molar-refractivity contribution is 5.85. The molecule has 0 saturated carbocycles. The Morgan fingerprint density at radius 1 is 1.31 bits per heavy atom. The minimum absolute atomic E-state index is 0. The highest BCUT2D eigenvalue weighted by Crippen LogP contribution is 2.18. The lowest BCUT2D eigenvalue weighted by atomic mass is 9.92. The van der Waals surface area contributed by atoms with Gasteiger partial charge in [-0.15, -0.1) is 12.4 Å². The molecule has 0 radical (unpaired) electrons. The van der Waals surface area contributed by atoms with Crippen molar-refractivity contribution in [3.05, 3.63) is 29.8 Å². The number of benzene rings is 1. The fourth-order valence-electron chi connectivity index (χ4n) is 2.19. The first-order valence-corrected chi connectivity index (χ1v) is 5.72. The van der Waals surface area contributed by atoms with Gasteiger partial charge in [0.25, 0.3) is 0 Å². The van der Waals surface area contributed by atoms with Gasteiger partial charge >= 0.3 is 0 Å². The first-order chi connectivity index (χ1) is 7.38. The zero-order chi connectivity index (χ0) is 10.5. The monoisotopic (exact) mass is 241 g/mol. The van der Waals surface area contributed by atoms with Crippen LogP contribution in [0, 0.1) is 5.92 Å². The van der Waals surface area contributed by atoms with Gasteiger partial charge in [-0.05, 0) is 56.0 Å². The number of rotatable bonds is 3. The maximum atomic E-state index is 5.15. The Labute approximate surface area is 104 Å². The molecule has 1 heterocycles. The Hall–Kier alpha value is -0.730. The average molecular weight is 242 g/mol. The van der Waals surface area contributed by atoms with Crippen molar-refractivity contribution in [3.8, 4) is 5.75 Å². The van der Waals surface area contributed by atoms with Crippen molar-refractivity contribution in [1.29, 1.82) is 0 Å². The van der Waals surface area contributed by atoms with E-state index in [0.29, 0.717) is 0 Å². The molecular weight excluding hydrogens is 222 g/mol. The highest BCUT2D eigenvalue weighted by atomic mass is 35.5. The summed E-state index contributed by atoms with van der Waals surface area (Å²) < 4.78 is 5.15. The van der Waals surface area contributed by atoms with E-state index in [0.717, 1.165) is 11.7 Å². The highest BCUT2D eigenvalue weighted by Gasteiger charge is 2.13. The molecule has 0 aromatic heterocycles. The molecule has 2 rings (SSSR count). The van der Waals surface area contributed by atoms with E-state index in [1.165, 1.54) is 37.9 Å². The molecule has 0 spiro atoms. The van der Waals surface area contributed by atoms with Crippen LogP contribution in [0.5, 0.6) is 5.75 Å². The predicted octanol–water partition coefficient (Wildman–Crippen LogP) is 2.66. The summed E-state index contributed by atoms with van der Waals surface area (Å²) in [6.07, 6.45) is 3.87. The van der Waals surface area contributed by atoms with E-state index in [-0.39, 0.29) is 12.4 Å². The quantitative estimate of drug-likeness (QED) is 0.879. The van der Waals surface area contributed by atoms with Crippen LogP contribution in [0.15, 0.2) is 24.3 Å². The first kappa shape index (κ1) is 13.3. The topological polar surface area (TPSA) is 21.3 Å². The van der Waals surface area contributed by atoms with Gasteiger partial charge in [0.1, 0.15) is 5.75 Å². The Morgan fingerprint density at radius 3 is 2.62 bits per heavy atom. The molecule has 1 aromatic rings. The molecule has 16 heavy (non-hydrogen) atoms. The van der Waals surface area contributed by atoms with E-state index in [1.54, 1.807) is 7.11 Å². The zero-order valence-corrected chi connectivity index (χ0v) is 10.6. The maximum Gasteiger partial charge on any atom is 0.118 e. The minimum atomic E-state index is 0. The number of hydrogen-bond acceptors (Lipinski definition) is 2. The second kappa shape index (κ2) is 6.77. The third-order valence-electron chi connectivity index (χ3n) is 3.08. The van der Waals surface area contributed by atoms with Crippen molar-refractivity contribution in [3.63, 3.8) is 0 Å². The van der Waals surface area contributed by atoms with Crippen LogP contribution in [0.3, 0.4) is 0 Å². The summed E-state index contributed by atoms with van der Waals surface area (Å²) >= 11 is 0. The average Bonchev–Trinajstić information content (AvgIpc) is 2.31. The molecule has 0 aliphatic carbocycles. The van der Waals surface area contributed by atoms with Gasteiger partial charge < -0.3 is 10.1 Å². The van der Waals surface area contributed by atoms with Gasteiger partial charge in [0, 0.05) is 0 Å². The van der Waals surface area contributed by atoms with Crippen LogP contribution in [-0.4, -0.2) is 20.2 Å². The number of hydrogen-bond donors (Lipinski definition) is 1. The van der Waals surface area contributed by atoms with Crippen LogP contribution in [0.2, 0.25) is 0 Å². The van der Waals surface area contributed by atoms with Crippen molar-refractivity contribution in [1.82, 2.24) is 5.32 Å². The van der Waals surface area contributed by atoms with Gasteiger partial charge in [0.05, 0.1) is 7.11 Å². The summed E-state index contributed by atoms with van der Waals surface area (Å²) in [4.78, 5) is 0. The lowest BCUT2D eigenvalue weighted by Gasteiger charge is -2.22. The second-order valence-electron chi connectivity index (χ2n) is 4.26. The number of halogens is 1. The fourth-order valence-corrected chi connectivity index (χ4v) is 2.19. The SMILES string of the molecule is COc1ccc(C[C@H]2CCCNC2)cc1.Cl. The molecule has 1 N–H and O–H groups in total. The van der Waals surface area contributed by atoms with Crippen molar-refractivity contribution in [2.24, 2.45) is 5.92 Å². The first-order valence-electron chi connectivity index (χ1n) is 5.72. The van der Waals surface area contributed by atoms with Crippen molar-refractivity contribution in [2.75, 3.05) is 20.2 Å². The standard InChI is InChI=1S/C13H19NO.ClH/c1-15-13-6-4-11(5-7-13)9-12-3-2-8-14-10-12;/h4-7,12,14H,2-3,8-10H2,1H3;1H/t12-;/m1./s1. The lowest BCUT2D eigenvalue weighted by molar-refractivity contribution is 0.375. The van der Waals surface area contributed by atoms with E-state index in [2.05, 4.69) is 17.4 Å². The molecule has 1 fully saturated rings. The van der Waals surface area contributed by atoms with Crippen LogP contribution < -0.4 is 10.1 Å². The number of ether oxygens (including phenoxy) is 1. The molecule has 0 unspecified atom stereocenters. The molecule has 1 aliphatic rings. The number of methoxy groups -OCH3 is 1. The molecule has 0 bridgehead atoms. The van der Waals surface area contributed by atoms with Gasteiger partial charge in [0.2, 0.25) is 0 Å². The largest absolute Gasteiger partial charge is 0.497 e. The summed E-state index contributed by atoms with van der Waals surface area (Å²) in [7, 11) is 1.71. The lowest BCUT2D eigenvalue weighted by Crippen LogP contribution is -2.30. The fraction of sp³-hybridized carbons (Fsp3) is 0.538. The van der Waals surface area contributed by atoms with Gasteiger partial charge in [0.15, 0.2) is 0 Å². The number of piperidine rings is 1. The van der Waals surface area contributed by atoms with E-state index < -0.39 is 0 Å². The van der Waals surface area contributed by atoms with Gasteiger partial charge in [-0.3, -0.25) is 0 Å². The molecule has 0 amide bonds. The summed E-state index contributed by atoms with van der Waals surface area (Å²) in [6.45, 7) is 2.37. The van der Waals surface area contributed by atoms with E-state index in [1.807, 2.05) is 12.1 Å². The summed E-state index contributed by atoms with van der Waals surface area (Å²) in [5, 5.41) is 3.45. The Bertz CT molecular complexity index is 293. The maximum absolute atomic E-state index is 5.15. The second-order valence-corrected chi connectivity index (χ2v) is 4.26. The molecule has 1 aliphatic heterocycles. The van der Waals surface area contributed by atoms with Crippen LogP contribution in [0.4, 0.5) is 0 Å².